The molecule has 10 rings (SSSR count). The van der Waals surface area contributed by atoms with Crippen LogP contribution >= 0.6 is 11.3 Å². The Balaban J connectivity index is 1.08. The van der Waals surface area contributed by atoms with E-state index in [9.17, 15) is 0 Å². The van der Waals surface area contributed by atoms with E-state index in [1.165, 1.54) is 25.7 Å². The standard InChI is InChI=1S/C45H27N3OS/c1-3-12-28(13-4-1)43-46-44(29-14-5-2-6-15-29)48-45(47-43)32-17-9-16-30(26-32)31-24-25-33-35-19-10-20-36(41(35)49-39(33)27-31)38-22-11-21-37-34-18-7-8-23-40(34)50-42(37)38/h1-27H. The van der Waals surface area contributed by atoms with E-state index in [1.807, 2.05) is 72.0 Å². The fourth-order valence-electron chi connectivity index (χ4n) is 6.92. The fraction of sp³-hybridized carbons (Fsp3) is 0. The highest BCUT2D eigenvalue weighted by atomic mass is 32.1. The van der Waals surface area contributed by atoms with Crippen LogP contribution in [-0.4, -0.2) is 15.0 Å². The third-order valence-electron chi connectivity index (χ3n) is 9.35. The lowest BCUT2D eigenvalue weighted by atomic mass is 9.99. The van der Waals surface area contributed by atoms with Crippen molar-refractivity contribution < 1.29 is 4.42 Å². The second-order valence-corrected chi connectivity index (χ2v) is 13.4. The summed E-state index contributed by atoms with van der Waals surface area (Å²) in [5.41, 5.74) is 9.01. The van der Waals surface area contributed by atoms with Gasteiger partial charge < -0.3 is 4.42 Å². The number of benzene rings is 7. The summed E-state index contributed by atoms with van der Waals surface area (Å²) >= 11 is 1.84. The molecular formula is C45H27N3OS. The lowest BCUT2D eigenvalue weighted by molar-refractivity contribution is 0.670. The Morgan fingerprint density at radius 2 is 0.940 bits per heavy atom. The average molecular weight is 658 g/mol. The smallest absolute Gasteiger partial charge is 0.164 e. The number of furan rings is 1. The van der Waals surface area contributed by atoms with Crippen molar-refractivity contribution in [2.24, 2.45) is 0 Å². The number of nitrogens with zero attached hydrogens (tertiary/aromatic N) is 3. The first-order valence-electron chi connectivity index (χ1n) is 16.6. The molecule has 0 bridgehead atoms. The third-order valence-corrected chi connectivity index (χ3v) is 10.6. The predicted octanol–water partition coefficient (Wildman–Crippen LogP) is 12.5. The molecule has 5 heteroatoms. The minimum absolute atomic E-state index is 0.629. The molecule has 0 aliphatic carbocycles. The van der Waals surface area contributed by atoms with E-state index in [0.29, 0.717) is 17.5 Å². The first-order chi connectivity index (χ1) is 24.8. The van der Waals surface area contributed by atoms with E-state index in [2.05, 4.69) is 103 Å². The second kappa shape index (κ2) is 11.6. The van der Waals surface area contributed by atoms with Gasteiger partial charge in [0.1, 0.15) is 11.2 Å². The molecule has 0 N–H and O–H groups in total. The maximum Gasteiger partial charge on any atom is 0.164 e. The maximum atomic E-state index is 6.74. The highest BCUT2D eigenvalue weighted by Crippen LogP contribution is 2.43. The maximum absolute atomic E-state index is 6.74. The first kappa shape index (κ1) is 28.6. The van der Waals surface area contributed by atoms with Crippen molar-refractivity contribution in [3.63, 3.8) is 0 Å². The molecule has 3 aromatic heterocycles. The lowest BCUT2D eigenvalue weighted by Gasteiger charge is -2.09. The minimum Gasteiger partial charge on any atom is -0.455 e. The van der Waals surface area contributed by atoms with Gasteiger partial charge in [0, 0.05) is 58.8 Å². The van der Waals surface area contributed by atoms with Gasteiger partial charge in [0.25, 0.3) is 0 Å². The zero-order chi connectivity index (χ0) is 33.0. The molecular weight excluding hydrogens is 631 g/mol. The topological polar surface area (TPSA) is 51.8 Å². The molecule has 0 aliphatic rings. The number of hydrogen-bond donors (Lipinski definition) is 0. The molecule has 0 fully saturated rings. The van der Waals surface area contributed by atoms with Gasteiger partial charge in [-0.25, -0.2) is 15.0 Å². The van der Waals surface area contributed by atoms with Crippen molar-refractivity contribution in [2.75, 3.05) is 0 Å². The van der Waals surface area contributed by atoms with Crippen LogP contribution < -0.4 is 0 Å². The van der Waals surface area contributed by atoms with E-state index < -0.39 is 0 Å². The van der Waals surface area contributed by atoms with Crippen molar-refractivity contribution in [3.8, 4) is 56.4 Å². The lowest BCUT2D eigenvalue weighted by Crippen LogP contribution is -2.00. The Kier molecular flexibility index (Phi) is 6.64. The SMILES string of the molecule is c1ccc(-c2nc(-c3ccccc3)nc(-c3cccc(-c4ccc5c(c4)oc4c(-c6cccc7c6sc6ccccc67)cccc45)c3)n2)cc1. The zero-order valence-electron chi connectivity index (χ0n) is 26.7. The number of hydrogen-bond acceptors (Lipinski definition) is 5. The molecule has 0 spiro atoms. The van der Waals surface area contributed by atoms with Crippen molar-refractivity contribution in [1.29, 1.82) is 0 Å². The monoisotopic (exact) mass is 657 g/mol. The number of aromatic nitrogens is 3. The van der Waals surface area contributed by atoms with Crippen LogP contribution in [0.15, 0.2) is 168 Å². The molecule has 7 aromatic carbocycles. The van der Waals surface area contributed by atoms with Crippen LogP contribution in [0.25, 0.3) is 98.5 Å². The van der Waals surface area contributed by atoms with Gasteiger partial charge >= 0.3 is 0 Å². The molecule has 0 amide bonds. The summed E-state index contributed by atoms with van der Waals surface area (Å²) in [6.45, 7) is 0. The number of thiophene rings is 1. The molecule has 0 radical (unpaired) electrons. The Labute approximate surface area is 292 Å². The van der Waals surface area contributed by atoms with E-state index in [1.54, 1.807) is 0 Å². The first-order valence-corrected chi connectivity index (χ1v) is 17.4. The minimum atomic E-state index is 0.629. The molecule has 0 atom stereocenters. The predicted molar refractivity (Wildman–Crippen MR) is 207 cm³/mol. The van der Waals surface area contributed by atoms with E-state index in [-0.39, 0.29) is 0 Å². The van der Waals surface area contributed by atoms with Crippen LogP contribution in [0.1, 0.15) is 0 Å². The van der Waals surface area contributed by atoms with Crippen molar-refractivity contribution in [2.45, 2.75) is 0 Å². The van der Waals surface area contributed by atoms with Crippen LogP contribution in [0, 0.1) is 0 Å². The van der Waals surface area contributed by atoms with Gasteiger partial charge in [0.05, 0.1) is 0 Å². The summed E-state index contributed by atoms with van der Waals surface area (Å²) in [4.78, 5) is 14.8. The summed E-state index contributed by atoms with van der Waals surface area (Å²) < 4.78 is 9.31. The Morgan fingerprint density at radius 1 is 0.380 bits per heavy atom. The molecule has 0 aliphatic heterocycles. The molecule has 50 heavy (non-hydrogen) atoms. The van der Waals surface area contributed by atoms with Crippen molar-refractivity contribution >= 4 is 53.4 Å². The quantitative estimate of drug-likeness (QED) is 0.185. The number of fused-ring (bicyclic) bond motifs is 6. The third kappa shape index (κ3) is 4.79. The summed E-state index contributed by atoms with van der Waals surface area (Å²) in [5, 5.41) is 4.79. The Morgan fingerprint density at radius 3 is 1.70 bits per heavy atom. The summed E-state index contributed by atoms with van der Waals surface area (Å²) in [6, 6.07) is 56.7. The molecule has 10 aromatic rings. The van der Waals surface area contributed by atoms with Gasteiger partial charge in [0.15, 0.2) is 17.5 Å². The fourth-order valence-corrected chi connectivity index (χ4v) is 8.16. The van der Waals surface area contributed by atoms with E-state index in [0.717, 1.165) is 55.3 Å². The molecule has 0 saturated carbocycles. The number of rotatable bonds is 5. The van der Waals surface area contributed by atoms with Crippen LogP contribution in [0.5, 0.6) is 0 Å². The molecule has 0 saturated heterocycles. The normalized spacial score (nSPS) is 11.6. The van der Waals surface area contributed by atoms with Crippen LogP contribution in [0.4, 0.5) is 0 Å². The summed E-state index contributed by atoms with van der Waals surface area (Å²) in [5.74, 6) is 1.92. The molecule has 3 heterocycles. The highest BCUT2D eigenvalue weighted by Gasteiger charge is 2.17. The second-order valence-electron chi connectivity index (χ2n) is 12.4. The van der Waals surface area contributed by atoms with Crippen LogP contribution in [0.2, 0.25) is 0 Å². The largest absolute Gasteiger partial charge is 0.455 e. The van der Waals surface area contributed by atoms with Crippen molar-refractivity contribution in [3.05, 3.63) is 164 Å². The zero-order valence-corrected chi connectivity index (χ0v) is 27.6. The van der Waals surface area contributed by atoms with Gasteiger partial charge in [-0.15, -0.1) is 11.3 Å². The molecule has 4 nitrogen and oxygen atoms in total. The van der Waals surface area contributed by atoms with Gasteiger partial charge in [0.2, 0.25) is 0 Å². The molecule has 0 unspecified atom stereocenters. The molecule has 234 valence electrons. The number of para-hydroxylation sites is 1. The highest BCUT2D eigenvalue weighted by molar-refractivity contribution is 7.26. The Hall–Kier alpha value is -6.43. The Bertz CT molecular complexity index is 2820. The summed E-state index contributed by atoms with van der Waals surface area (Å²) in [6.07, 6.45) is 0. The van der Waals surface area contributed by atoms with Gasteiger partial charge in [-0.1, -0.05) is 140 Å². The van der Waals surface area contributed by atoms with E-state index >= 15 is 0 Å². The average Bonchev–Trinajstić information content (AvgIpc) is 3.77. The van der Waals surface area contributed by atoms with Crippen molar-refractivity contribution in [1.82, 2.24) is 15.0 Å². The van der Waals surface area contributed by atoms with Crippen LogP contribution in [0.3, 0.4) is 0 Å². The van der Waals surface area contributed by atoms with Gasteiger partial charge in [-0.3, -0.25) is 0 Å². The van der Waals surface area contributed by atoms with Crippen LogP contribution in [-0.2, 0) is 0 Å². The van der Waals surface area contributed by atoms with Gasteiger partial charge in [-0.05, 0) is 35.4 Å². The summed E-state index contributed by atoms with van der Waals surface area (Å²) in [7, 11) is 0. The van der Waals surface area contributed by atoms with Gasteiger partial charge in [-0.2, -0.15) is 0 Å². The van der Waals surface area contributed by atoms with E-state index in [4.69, 9.17) is 19.4 Å².